The van der Waals surface area contributed by atoms with Crippen molar-refractivity contribution in [3.8, 4) is 11.3 Å². The molecule has 0 unspecified atom stereocenters. The van der Waals surface area contributed by atoms with E-state index in [0.717, 1.165) is 16.8 Å². The first-order valence-corrected chi connectivity index (χ1v) is 11.0. The molecular weight excluding hydrogens is 507 g/mol. The number of urea groups is 1. The van der Waals surface area contributed by atoms with Gasteiger partial charge < -0.3 is 26.0 Å². The lowest BCUT2D eigenvalue weighted by Crippen LogP contribution is -2.30. The summed E-state index contributed by atoms with van der Waals surface area (Å²) in [6.07, 6.45) is -2.04. The van der Waals surface area contributed by atoms with Gasteiger partial charge in [0.1, 0.15) is 11.8 Å². The zero-order valence-electron chi connectivity index (χ0n) is 20.0. The van der Waals surface area contributed by atoms with Crippen LogP contribution in [0.3, 0.4) is 0 Å². The van der Waals surface area contributed by atoms with E-state index in [4.69, 9.17) is 9.90 Å². The van der Waals surface area contributed by atoms with Crippen LogP contribution in [0, 0.1) is 0 Å². The van der Waals surface area contributed by atoms with Crippen molar-refractivity contribution < 1.29 is 32.7 Å². The number of fused-ring (bicyclic) bond motifs is 1. The van der Waals surface area contributed by atoms with Gasteiger partial charge in [0.05, 0.1) is 12.0 Å². The number of amides is 3. The summed E-state index contributed by atoms with van der Waals surface area (Å²) >= 11 is 0. The minimum Gasteiger partial charge on any atom is -0.475 e. The van der Waals surface area contributed by atoms with Gasteiger partial charge in [-0.1, -0.05) is 18.2 Å². The van der Waals surface area contributed by atoms with Crippen LogP contribution in [0.15, 0.2) is 61.2 Å². The normalized spacial score (nSPS) is 10.9. The summed E-state index contributed by atoms with van der Waals surface area (Å²) in [4.78, 5) is 49.0. The number of aromatic amines is 1. The van der Waals surface area contributed by atoms with Crippen LogP contribution in [0.2, 0.25) is 0 Å². The van der Waals surface area contributed by atoms with Gasteiger partial charge in [-0.3, -0.25) is 4.79 Å². The molecule has 38 heavy (non-hydrogen) atoms. The summed E-state index contributed by atoms with van der Waals surface area (Å²) in [5.41, 5.74) is 4.56. The average Bonchev–Trinajstić information content (AvgIpc) is 3.33. The zero-order chi connectivity index (χ0) is 27.9. The largest absolute Gasteiger partial charge is 0.490 e. The van der Waals surface area contributed by atoms with Crippen molar-refractivity contribution in [3.05, 3.63) is 66.7 Å². The SMILES string of the molecule is CC(C)NC(=O)c1cccc(NC(=O)Nc2ccc(-c3ncnc4nc[nH]c34)cc2)c1.O=C(O)C(F)(F)F. The van der Waals surface area contributed by atoms with Crippen LogP contribution in [-0.4, -0.2) is 55.2 Å². The first kappa shape index (κ1) is 27.6. The maximum absolute atomic E-state index is 12.4. The fraction of sp³-hybridized carbons (Fsp3) is 0.167. The summed E-state index contributed by atoms with van der Waals surface area (Å²) in [5, 5.41) is 15.5. The van der Waals surface area contributed by atoms with Crippen molar-refractivity contribution in [2.75, 3.05) is 10.6 Å². The van der Waals surface area contributed by atoms with Gasteiger partial charge in [0, 0.05) is 28.5 Å². The predicted octanol–water partition coefficient (Wildman–Crippen LogP) is 4.44. The number of hydrogen-bond donors (Lipinski definition) is 5. The molecule has 0 radical (unpaired) electrons. The number of nitrogens with one attached hydrogen (secondary N) is 4. The number of imidazole rings is 1. The lowest BCUT2D eigenvalue weighted by atomic mass is 10.1. The highest BCUT2D eigenvalue weighted by Crippen LogP contribution is 2.24. The molecule has 14 heteroatoms. The molecule has 0 spiro atoms. The summed E-state index contributed by atoms with van der Waals surface area (Å²) in [6.45, 7) is 3.78. The van der Waals surface area contributed by atoms with E-state index in [1.54, 1.807) is 42.7 Å². The molecule has 3 amide bonds. The Balaban J connectivity index is 0.000000505. The molecule has 0 aliphatic carbocycles. The summed E-state index contributed by atoms with van der Waals surface area (Å²) in [6, 6.07) is 13.7. The number of aromatic nitrogens is 4. The second kappa shape index (κ2) is 11.8. The number of rotatable bonds is 5. The molecule has 2 aromatic heterocycles. The lowest BCUT2D eigenvalue weighted by Gasteiger charge is -2.11. The van der Waals surface area contributed by atoms with Crippen LogP contribution in [0.25, 0.3) is 22.4 Å². The molecule has 2 aromatic carbocycles. The van der Waals surface area contributed by atoms with Crippen molar-refractivity contribution >= 4 is 40.4 Å². The lowest BCUT2D eigenvalue weighted by molar-refractivity contribution is -0.192. The molecule has 0 saturated carbocycles. The third-order valence-electron chi connectivity index (χ3n) is 4.68. The minimum absolute atomic E-state index is 0.0297. The van der Waals surface area contributed by atoms with Gasteiger partial charge in [0.15, 0.2) is 5.65 Å². The molecule has 0 atom stereocenters. The third-order valence-corrected chi connectivity index (χ3v) is 4.68. The van der Waals surface area contributed by atoms with Crippen molar-refractivity contribution in [2.24, 2.45) is 0 Å². The Morgan fingerprint density at radius 3 is 2.24 bits per heavy atom. The maximum atomic E-state index is 12.4. The van der Waals surface area contributed by atoms with E-state index in [-0.39, 0.29) is 11.9 Å². The molecule has 198 valence electrons. The van der Waals surface area contributed by atoms with E-state index >= 15 is 0 Å². The molecule has 0 fully saturated rings. The molecule has 0 saturated heterocycles. The number of aliphatic carboxylic acids is 1. The molecular formula is C24H22F3N7O4. The van der Waals surface area contributed by atoms with Gasteiger partial charge in [0.2, 0.25) is 0 Å². The maximum Gasteiger partial charge on any atom is 0.490 e. The Hall–Kier alpha value is -5.01. The van der Waals surface area contributed by atoms with Crippen LogP contribution in [0.1, 0.15) is 24.2 Å². The number of carboxylic acid groups (broad SMARTS) is 1. The highest BCUT2D eigenvalue weighted by molar-refractivity contribution is 6.01. The molecule has 0 aliphatic heterocycles. The van der Waals surface area contributed by atoms with Gasteiger partial charge in [0.25, 0.3) is 5.91 Å². The number of hydrogen-bond acceptors (Lipinski definition) is 6. The fourth-order valence-electron chi connectivity index (χ4n) is 3.07. The van der Waals surface area contributed by atoms with E-state index in [0.29, 0.717) is 22.6 Å². The number of nitrogens with zero attached hydrogens (tertiary/aromatic N) is 3. The summed E-state index contributed by atoms with van der Waals surface area (Å²) in [7, 11) is 0. The van der Waals surface area contributed by atoms with E-state index in [2.05, 4.69) is 35.9 Å². The number of halogens is 3. The van der Waals surface area contributed by atoms with Gasteiger partial charge in [-0.05, 0) is 44.2 Å². The smallest absolute Gasteiger partial charge is 0.475 e. The Morgan fingerprint density at radius 2 is 1.61 bits per heavy atom. The van der Waals surface area contributed by atoms with Crippen LogP contribution < -0.4 is 16.0 Å². The third kappa shape index (κ3) is 7.49. The van der Waals surface area contributed by atoms with Crippen LogP contribution in [-0.2, 0) is 4.79 Å². The van der Waals surface area contributed by atoms with E-state index in [9.17, 15) is 22.8 Å². The number of carbonyl (C=O) groups is 3. The summed E-state index contributed by atoms with van der Waals surface area (Å²) < 4.78 is 31.7. The Bertz CT molecular complexity index is 1440. The Kier molecular flexibility index (Phi) is 8.57. The quantitative estimate of drug-likeness (QED) is 0.255. The molecule has 0 aliphatic rings. The summed E-state index contributed by atoms with van der Waals surface area (Å²) in [5.74, 6) is -2.95. The van der Waals surface area contributed by atoms with Gasteiger partial charge in [-0.2, -0.15) is 13.2 Å². The second-order valence-corrected chi connectivity index (χ2v) is 7.99. The number of carboxylic acids is 1. The minimum atomic E-state index is -5.08. The number of alkyl halides is 3. The highest BCUT2D eigenvalue weighted by atomic mass is 19.4. The number of benzene rings is 2. The molecule has 2 heterocycles. The Morgan fingerprint density at radius 1 is 0.947 bits per heavy atom. The van der Waals surface area contributed by atoms with Crippen molar-refractivity contribution in [1.82, 2.24) is 25.3 Å². The van der Waals surface area contributed by atoms with Crippen molar-refractivity contribution in [2.45, 2.75) is 26.1 Å². The average molecular weight is 529 g/mol. The predicted molar refractivity (Wildman–Crippen MR) is 132 cm³/mol. The zero-order valence-corrected chi connectivity index (χ0v) is 20.0. The molecule has 11 nitrogen and oxygen atoms in total. The first-order chi connectivity index (χ1) is 17.9. The van der Waals surface area contributed by atoms with Crippen LogP contribution in [0.5, 0.6) is 0 Å². The molecule has 4 aromatic rings. The monoisotopic (exact) mass is 529 g/mol. The standard InChI is InChI=1S/C22H21N7O2.C2HF3O2/c1-13(2)27-21(30)15-4-3-5-17(10-15)29-22(31)28-16-8-6-14(7-9-16)18-19-20(25-11-23-18)26-12-24-19;3-2(4,5)1(6)7/h3-13H,1-2H3,(H,27,30)(H2,28,29,31)(H,23,24,25,26);(H,6,7). The van der Waals surface area contributed by atoms with Crippen molar-refractivity contribution in [1.29, 1.82) is 0 Å². The highest BCUT2D eigenvalue weighted by Gasteiger charge is 2.38. The van der Waals surface area contributed by atoms with Gasteiger partial charge in [-0.15, -0.1) is 0 Å². The number of anilines is 2. The van der Waals surface area contributed by atoms with Crippen LogP contribution in [0.4, 0.5) is 29.3 Å². The topological polar surface area (TPSA) is 162 Å². The van der Waals surface area contributed by atoms with Crippen molar-refractivity contribution in [3.63, 3.8) is 0 Å². The molecule has 4 rings (SSSR count). The fourth-order valence-corrected chi connectivity index (χ4v) is 3.07. The number of H-pyrrole nitrogens is 1. The Labute approximate surface area is 213 Å². The molecule has 0 bridgehead atoms. The first-order valence-electron chi connectivity index (χ1n) is 11.0. The van der Waals surface area contributed by atoms with E-state index in [1.807, 2.05) is 26.0 Å². The van der Waals surface area contributed by atoms with Gasteiger partial charge in [-0.25, -0.2) is 24.5 Å². The van der Waals surface area contributed by atoms with Gasteiger partial charge >= 0.3 is 18.2 Å². The number of carbonyl (C=O) groups excluding carboxylic acids is 2. The molecule has 5 N–H and O–H groups in total. The van der Waals surface area contributed by atoms with E-state index in [1.165, 1.54) is 6.33 Å². The van der Waals surface area contributed by atoms with Crippen LogP contribution >= 0.6 is 0 Å². The van der Waals surface area contributed by atoms with E-state index < -0.39 is 18.2 Å². The second-order valence-electron chi connectivity index (χ2n) is 7.99.